The average molecular weight is 189 g/mol. The third kappa shape index (κ3) is 7.22. The van der Waals surface area contributed by atoms with Crippen molar-refractivity contribution < 1.29 is 37.7 Å². The summed E-state index contributed by atoms with van der Waals surface area (Å²) in [4.78, 5) is 0. The molecule has 0 saturated carbocycles. The Labute approximate surface area is 119 Å². The largest absolute Gasteiger partial charge is 1.00 e. The van der Waals surface area contributed by atoms with Gasteiger partial charge in [-0.05, 0) is 6.92 Å². The Balaban J connectivity index is 0. The third-order valence-electron chi connectivity index (χ3n) is 2.53. The van der Waals surface area contributed by atoms with Gasteiger partial charge in [0.05, 0.1) is 0 Å². The molecule has 0 N–H and O–H groups in total. The molecule has 0 bridgehead atoms. The van der Waals surface area contributed by atoms with E-state index in [-0.39, 0.29) is 37.7 Å². The molecule has 0 spiro atoms. The fraction of sp³-hybridized carbons (Fsp3) is 0.462. The standard InChI is InChI=1S/C13H19.2Li/c1-4-11(2)5-8-13-9-6-12(3)7-10-13;;/h6-11H,4-5H2,1-3H3;;/q-1;2*+1. The van der Waals surface area contributed by atoms with E-state index in [0.29, 0.717) is 0 Å². The Morgan fingerprint density at radius 2 is 1.67 bits per heavy atom. The van der Waals surface area contributed by atoms with Crippen molar-refractivity contribution in [2.75, 3.05) is 0 Å². The zero-order chi connectivity index (χ0) is 9.68. The van der Waals surface area contributed by atoms with E-state index in [1.165, 1.54) is 24.0 Å². The number of hydrogen-bond donors (Lipinski definition) is 0. The van der Waals surface area contributed by atoms with Crippen molar-refractivity contribution in [1.29, 1.82) is 0 Å². The van der Waals surface area contributed by atoms with Crippen LogP contribution in [0.3, 0.4) is 0 Å². The van der Waals surface area contributed by atoms with Gasteiger partial charge in [0.25, 0.3) is 0 Å². The predicted octanol–water partition coefficient (Wildman–Crippen LogP) is -2.01. The minimum absolute atomic E-state index is 0. The zero-order valence-corrected chi connectivity index (χ0v) is 10.9. The van der Waals surface area contributed by atoms with E-state index in [9.17, 15) is 0 Å². The first kappa shape index (κ1) is 17.7. The predicted molar refractivity (Wildman–Crippen MR) is 58.7 cm³/mol. The monoisotopic (exact) mass is 189 g/mol. The zero-order valence-electron chi connectivity index (χ0n) is 10.9. The molecule has 0 aliphatic heterocycles. The van der Waals surface area contributed by atoms with Gasteiger partial charge in [0.2, 0.25) is 0 Å². The molecule has 0 aromatic heterocycles. The van der Waals surface area contributed by atoms with E-state index < -0.39 is 0 Å². The molecule has 0 amide bonds. The molecule has 0 nitrogen and oxygen atoms in total. The summed E-state index contributed by atoms with van der Waals surface area (Å²) in [5.74, 6) is 0.807. The van der Waals surface area contributed by atoms with Gasteiger partial charge >= 0.3 is 37.7 Å². The molecule has 1 atom stereocenters. The van der Waals surface area contributed by atoms with Gasteiger partial charge < -0.3 is 0 Å². The summed E-state index contributed by atoms with van der Waals surface area (Å²) in [6.45, 7) is 6.66. The van der Waals surface area contributed by atoms with E-state index in [0.717, 1.165) is 5.92 Å². The Bertz CT molecular complexity index is 241. The average Bonchev–Trinajstić information content (AvgIpc) is 2.16. The summed E-state index contributed by atoms with van der Waals surface area (Å²) in [5, 5.41) is 0. The Hall–Kier alpha value is 0.285. The summed E-state index contributed by atoms with van der Waals surface area (Å²) >= 11 is 0. The molecule has 1 unspecified atom stereocenters. The molecule has 0 aliphatic rings. The van der Waals surface area contributed by atoms with Crippen LogP contribution in [-0.4, -0.2) is 0 Å². The Morgan fingerprint density at radius 1 is 1.13 bits per heavy atom. The molecule has 0 aliphatic carbocycles. The molecule has 0 heterocycles. The fourth-order valence-electron chi connectivity index (χ4n) is 1.21. The van der Waals surface area contributed by atoms with Gasteiger partial charge in [0.15, 0.2) is 0 Å². The molecule has 1 aromatic carbocycles. The van der Waals surface area contributed by atoms with Gasteiger partial charge in [-0.15, -0.1) is 12.1 Å². The summed E-state index contributed by atoms with van der Waals surface area (Å²) in [7, 11) is 0. The first-order valence-corrected chi connectivity index (χ1v) is 5.12. The second kappa shape index (κ2) is 9.51. The first-order valence-electron chi connectivity index (χ1n) is 5.12. The topological polar surface area (TPSA) is 0 Å². The van der Waals surface area contributed by atoms with Crippen LogP contribution in [0.2, 0.25) is 0 Å². The Kier molecular flexibility index (Phi) is 11.2. The second-order valence-electron chi connectivity index (χ2n) is 3.86. The molecule has 72 valence electrons. The van der Waals surface area contributed by atoms with Crippen LogP contribution < -0.4 is 37.7 Å². The summed E-state index contributed by atoms with van der Waals surface area (Å²) in [5.41, 5.74) is 2.69. The number of rotatable bonds is 4. The molecule has 0 saturated heterocycles. The summed E-state index contributed by atoms with van der Waals surface area (Å²) in [6, 6.07) is 8.72. The van der Waals surface area contributed by atoms with Crippen LogP contribution in [0.5, 0.6) is 0 Å². The van der Waals surface area contributed by atoms with Crippen molar-refractivity contribution in [3.8, 4) is 0 Å². The molecular formula is C13H19Li2+. The van der Waals surface area contributed by atoms with E-state index in [4.69, 9.17) is 0 Å². The molecule has 0 radical (unpaired) electrons. The molecule has 0 fully saturated rings. The number of benzene rings is 1. The second-order valence-corrected chi connectivity index (χ2v) is 3.86. The quantitative estimate of drug-likeness (QED) is 0.379. The normalized spacial score (nSPS) is 10.9. The van der Waals surface area contributed by atoms with Crippen molar-refractivity contribution in [2.45, 2.75) is 33.6 Å². The van der Waals surface area contributed by atoms with Crippen LogP contribution in [0.25, 0.3) is 0 Å². The SMILES string of the molecule is CCC(C)C[CH-]c1ccc(C)cc1.[Li+].[Li+]. The third-order valence-corrected chi connectivity index (χ3v) is 2.53. The first-order chi connectivity index (χ1) is 6.22. The smallest absolute Gasteiger partial charge is 0.192 e. The van der Waals surface area contributed by atoms with Crippen LogP contribution in [0.4, 0.5) is 0 Å². The van der Waals surface area contributed by atoms with Crippen molar-refractivity contribution >= 4 is 0 Å². The summed E-state index contributed by atoms with van der Waals surface area (Å²) in [6.07, 6.45) is 4.79. The molecule has 1 aromatic rings. The van der Waals surface area contributed by atoms with Crippen molar-refractivity contribution in [2.24, 2.45) is 5.92 Å². The minimum Gasteiger partial charge on any atom is -0.192 e. The van der Waals surface area contributed by atoms with Gasteiger partial charge in [-0.25, -0.2) is 0 Å². The molecule has 15 heavy (non-hydrogen) atoms. The molecule has 1 rings (SSSR count). The van der Waals surface area contributed by atoms with Crippen LogP contribution in [0, 0.1) is 19.3 Å². The van der Waals surface area contributed by atoms with Crippen LogP contribution >= 0.6 is 0 Å². The van der Waals surface area contributed by atoms with E-state index >= 15 is 0 Å². The van der Waals surface area contributed by atoms with Crippen molar-refractivity contribution in [1.82, 2.24) is 0 Å². The van der Waals surface area contributed by atoms with Gasteiger partial charge in [-0.3, -0.25) is 0 Å². The van der Waals surface area contributed by atoms with E-state index in [2.05, 4.69) is 51.5 Å². The van der Waals surface area contributed by atoms with Crippen molar-refractivity contribution in [3.05, 3.63) is 41.8 Å². The maximum Gasteiger partial charge on any atom is 1.00 e. The van der Waals surface area contributed by atoms with E-state index in [1.807, 2.05) is 0 Å². The maximum atomic E-state index is 2.33. The van der Waals surface area contributed by atoms with Gasteiger partial charge in [-0.1, -0.05) is 38.2 Å². The minimum atomic E-state index is 0. The van der Waals surface area contributed by atoms with Gasteiger partial charge in [-0.2, -0.15) is 24.1 Å². The van der Waals surface area contributed by atoms with E-state index in [1.54, 1.807) is 0 Å². The fourth-order valence-corrected chi connectivity index (χ4v) is 1.21. The van der Waals surface area contributed by atoms with Gasteiger partial charge in [0, 0.05) is 0 Å². The van der Waals surface area contributed by atoms with Crippen LogP contribution in [0.15, 0.2) is 24.3 Å². The van der Waals surface area contributed by atoms with Gasteiger partial charge in [0.1, 0.15) is 0 Å². The van der Waals surface area contributed by atoms with Crippen molar-refractivity contribution in [3.63, 3.8) is 0 Å². The van der Waals surface area contributed by atoms with Crippen LogP contribution in [0.1, 0.15) is 37.8 Å². The number of aryl methyl sites for hydroxylation is 1. The molecule has 2 heteroatoms. The van der Waals surface area contributed by atoms with Crippen LogP contribution in [-0.2, 0) is 0 Å². The number of hydrogen-bond acceptors (Lipinski definition) is 0. The maximum absolute atomic E-state index is 2.33. The Morgan fingerprint density at radius 3 is 2.13 bits per heavy atom. The summed E-state index contributed by atoms with van der Waals surface area (Å²) < 4.78 is 0. The molecular weight excluding hydrogens is 170 g/mol.